The van der Waals surface area contributed by atoms with Crippen molar-refractivity contribution in [2.45, 2.75) is 24.1 Å². The second kappa shape index (κ2) is 6.99. The Labute approximate surface area is 124 Å². The predicted molar refractivity (Wildman–Crippen MR) is 85.0 cm³/mol. The molecule has 0 radical (unpaired) electrons. The van der Waals surface area contributed by atoms with Crippen LogP contribution in [0.15, 0.2) is 47.4 Å². The molecule has 0 spiro atoms. The van der Waals surface area contributed by atoms with Gasteiger partial charge in [0.1, 0.15) is 0 Å². The SMILES string of the molecule is CNCc1ccc(SCc2ccc(Cl)cc2)cc1C. The molecule has 2 aromatic rings. The van der Waals surface area contributed by atoms with Gasteiger partial charge in [0.15, 0.2) is 0 Å². The first-order chi connectivity index (χ1) is 9.19. The number of benzene rings is 2. The van der Waals surface area contributed by atoms with E-state index in [1.165, 1.54) is 21.6 Å². The summed E-state index contributed by atoms with van der Waals surface area (Å²) in [6.45, 7) is 3.09. The average Bonchev–Trinajstić information content (AvgIpc) is 2.41. The van der Waals surface area contributed by atoms with Gasteiger partial charge < -0.3 is 5.32 Å². The van der Waals surface area contributed by atoms with Gasteiger partial charge in [-0.3, -0.25) is 0 Å². The molecule has 0 aromatic heterocycles. The molecule has 0 fully saturated rings. The number of aryl methyl sites for hydroxylation is 1. The lowest BCUT2D eigenvalue weighted by molar-refractivity contribution is 0.811. The summed E-state index contributed by atoms with van der Waals surface area (Å²) in [6, 6.07) is 14.7. The van der Waals surface area contributed by atoms with Crippen LogP contribution in [0.25, 0.3) is 0 Å². The number of halogens is 1. The van der Waals surface area contributed by atoms with Crippen molar-refractivity contribution in [1.82, 2.24) is 5.32 Å². The topological polar surface area (TPSA) is 12.0 Å². The van der Waals surface area contributed by atoms with Gasteiger partial charge in [0.2, 0.25) is 0 Å². The molecule has 0 aliphatic heterocycles. The van der Waals surface area contributed by atoms with Crippen LogP contribution in [0.3, 0.4) is 0 Å². The average molecular weight is 292 g/mol. The van der Waals surface area contributed by atoms with E-state index < -0.39 is 0 Å². The molecule has 2 rings (SSSR count). The monoisotopic (exact) mass is 291 g/mol. The van der Waals surface area contributed by atoms with Gasteiger partial charge in [-0.2, -0.15) is 0 Å². The maximum atomic E-state index is 5.88. The second-order valence-corrected chi connectivity index (χ2v) is 6.02. The lowest BCUT2D eigenvalue weighted by Crippen LogP contribution is -2.06. The fourth-order valence-corrected chi connectivity index (χ4v) is 2.97. The van der Waals surface area contributed by atoms with E-state index in [1.807, 2.05) is 30.9 Å². The van der Waals surface area contributed by atoms with Crippen LogP contribution >= 0.6 is 23.4 Å². The number of nitrogens with one attached hydrogen (secondary N) is 1. The van der Waals surface area contributed by atoms with Crippen molar-refractivity contribution in [2.75, 3.05) is 7.05 Å². The molecule has 1 nitrogen and oxygen atoms in total. The summed E-state index contributed by atoms with van der Waals surface area (Å²) in [7, 11) is 1.97. The van der Waals surface area contributed by atoms with Crippen LogP contribution < -0.4 is 5.32 Å². The highest BCUT2D eigenvalue weighted by Crippen LogP contribution is 2.25. The maximum Gasteiger partial charge on any atom is 0.0406 e. The molecule has 0 aliphatic carbocycles. The minimum atomic E-state index is 0.793. The maximum absolute atomic E-state index is 5.88. The zero-order valence-electron chi connectivity index (χ0n) is 11.2. The van der Waals surface area contributed by atoms with Crippen LogP contribution in [0.4, 0.5) is 0 Å². The van der Waals surface area contributed by atoms with E-state index in [0.717, 1.165) is 17.3 Å². The number of thioether (sulfide) groups is 1. The smallest absolute Gasteiger partial charge is 0.0406 e. The van der Waals surface area contributed by atoms with Crippen molar-refractivity contribution >= 4 is 23.4 Å². The Morgan fingerprint density at radius 1 is 1.11 bits per heavy atom. The van der Waals surface area contributed by atoms with Crippen LogP contribution in [0.5, 0.6) is 0 Å². The lowest BCUT2D eigenvalue weighted by Gasteiger charge is -2.08. The first-order valence-electron chi connectivity index (χ1n) is 6.30. The highest BCUT2D eigenvalue weighted by Gasteiger charge is 2.01. The Bertz CT molecular complexity index is 537. The largest absolute Gasteiger partial charge is 0.316 e. The van der Waals surface area contributed by atoms with Crippen molar-refractivity contribution in [3.8, 4) is 0 Å². The van der Waals surface area contributed by atoms with E-state index in [0.29, 0.717) is 0 Å². The number of rotatable bonds is 5. The molecule has 0 amide bonds. The summed E-state index contributed by atoms with van der Waals surface area (Å²) in [6.07, 6.45) is 0. The van der Waals surface area contributed by atoms with E-state index >= 15 is 0 Å². The van der Waals surface area contributed by atoms with Crippen LogP contribution in [0, 0.1) is 6.92 Å². The highest BCUT2D eigenvalue weighted by molar-refractivity contribution is 7.98. The second-order valence-electron chi connectivity index (χ2n) is 4.53. The molecule has 0 unspecified atom stereocenters. The molecule has 1 N–H and O–H groups in total. The molecule has 0 saturated carbocycles. The molecule has 3 heteroatoms. The third-order valence-electron chi connectivity index (χ3n) is 3.00. The molecule has 100 valence electrons. The molecular formula is C16H18ClNS. The van der Waals surface area contributed by atoms with E-state index in [9.17, 15) is 0 Å². The van der Waals surface area contributed by atoms with Crippen LogP contribution in [0.2, 0.25) is 5.02 Å². The Kier molecular flexibility index (Phi) is 5.32. The fraction of sp³-hybridized carbons (Fsp3) is 0.250. The van der Waals surface area contributed by atoms with E-state index in [4.69, 9.17) is 11.6 Å². The van der Waals surface area contributed by atoms with Crippen molar-refractivity contribution in [2.24, 2.45) is 0 Å². The van der Waals surface area contributed by atoms with Crippen LogP contribution in [-0.4, -0.2) is 7.05 Å². The molecule has 2 aromatic carbocycles. The zero-order chi connectivity index (χ0) is 13.7. The first kappa shape index (κ1) is 14.4. The molecule has 0 bridgehead atoms. The summed E-state index contributed by atoms with van der Waals surface area (Å²) in [5.41, 5.74) is 4.00. The minimum absolute atomic E-state index is 0.793. The Balaban J connectivity index is 1.99. The third-order valence-corrected chi connectivity index (χ3v) is 4.32. The Morgan fingerprint density at radius 3 is 2.47 bits per heavy atom. The molecule has 0 saturated heterocycles. The summed E-state index contributed by atoms with van der Waals surface area (Å²) in [5, 5.41) is 3.98. The Hall–Kier alpha value is -0.960. The van der Waals surface area contributed by atoms with Crippen molar-refractivity contribution in [3.63, 3.8) is 0 Å². The fourth-order valence-electron chi connectivity index (χ4n) is 1.89. The van der Waals surface area contributed by atoms with Crippen LogP contribution in [-0.2, 0) is 12.3 Å². The molecule has 19 heavy (non-hydrogen) atoms. The highest BCUT2D eigenvalue weighted by atomic mass is 35.5. The predicted octanol–water partition coefficient (Wildman–Crippen LogP) is 4.66. The van der Waals surface area contributed by atoms with E-state index in [1.54, 1.807) is 0 Å². The van der Waals surface area contributed by atoms with Gasteiger partial charge >= 0.3 is 0 Å². The normalized spacial score (nSPS) is 10.7. The van der Waals surface area contributed by atoms with Crippen molar-refractivity contribution in [3.05, 3.63) is 64.2 Å². The van der Waals surface area contributed by atoms with Gasteiger partial charge in [-0.25, -0.2) is 0 Å². The summed E-state index contributed by atoms with van der Waals surface area (Å²) in [4.78, 5) is 1.31. The molecule has 0 heterocycles. The first-order valence-corrected chi connectivity index (χ1v) is 7.67. The standard InChI is InChI=1S/C16H18ClNS/c1-12-9-16(8-5-14(12)10-18-2)19-11-13-3-6-15(17)7-4-13/h3-9,18H,10-11H2,1-2H3. The van der Waals surface area contributed by atoms with Gasteiger partial charge in [-0.1, -0.05) is 29.8 Å². The lowest BCUT2D eigenvalue weighted by atomic mass is 10.1. The minimum Gasteiger partial charge on any atom is -0.316 e. The third kappa shape index (κ3) is 4.27. The quantitative estimate of drug-likeness (QED) is 0.804. The number of hydrogen-bond acceptors (Lipinski definition) is 2. The summed E-state index contributed by atoms with van der Waals surface area (Å²) < 4.78 is 0. The van der Waals surface area contributed by atoms with Gasteiger partial charge in [-0.15, -0.1) is 11.8 Å². The van der Waals surface area contributed by atoms with Gasteiger partial charge in [0.05, 0.1) is 0 Å². The summed E-state index contributed by atoms with van der Waals surface area (Å²) in [5.74, 6) is 0.974. The number of hydrogen-bond donors (Lipinski definition) is 1. The molecule has 0 atom stereocenters. The van der Waals surface area contributed by atoms with Gasteiger partial charge in [0, 0.05) is 22.2 Å². The van der Waals surface area contributed by atoms with Crippen molar-refractivity contribution < 1.29 is 0 Å². The van der Waals surface area contributed by atoms with E-state index in [-0.39, 0.29) is 0 Å². The summed E-state index contributed by atoms with van der Waals surface area (Å²) >= 11 is 7.74. The zero-order valence-corrected chi connectivity index (χ0v) is 12.8. The Morgan fingerprint density at radius 2 is 1.84 bits per heavy atom. The van der Waals surface area contributed by atoms with Crippen LogP contribution in [0.1, 0.15) is 16.7 Å². The van der Waals surface area contributed by atoms with Gasteiger partial charge in [-0.05, 0) is 54.9 Å². The van der Waals surface area contributed by atoms with Crippen molar-refractivity contribution in [1.29, 1.82) is 0 Å². The van der Waals surface area contributed by atoms with E-state index in [2.05, 4.69) is 42.6 Å². The molecule has 0 aliphatic rings. The molecular weight excluding hydrogens is 274 g/mol. The van der Waals surface area contributed by atoms with Gasteiger partial charge in [0.25, 0.3) is 0 Å².